The molecule has 1 atom stereocenters. The zero-order chi connectivity index (χ0) is 16.9. The summed E-state index contributed by atoms with van der Waals surface area (Å²) in [5, 5.41) is 6.48. The van der Waals surface area contributed by atoms with E-state index in [2.05, 4.69) is 20.5 Å². The highest BCUT2D eigenvalue weighted by Gasteiger charge is 2.16. The van der Waals surface area contributed by atoms with Gasteiger partial charge in [0.05, 0.1) is 16.3 Å². The third-order valence-corrected chi connectivity index (χ3v) is 4.52. The van der Waals surface area contributed by atoms with Crippen LogP contribution < -0.4 is 10.6 Å². The van der Waals surface area contributed by atoms with Gasteiger partial charge in [-0.2, -0.15) is 0 Å². The first-order chi connectivity index (χ1) is 11.6. The number of carbonyl (C=O) groups is 1. The molecule has 2 amide bonds. The van der Waals surface area contributed by atoms with E-state index in [0.717, 1.165) is 22.3 Å². The Hall–Kier alpha value is -2.44. The highest BCUT2D eigenvalue weighted by atomic mass is 32.1. The molecule has 1 aromatic heterocycles. The van der Waals surface area contributed by atoms with Gasteiger partial charge in [-0.15, -0.1) is 0 Å². The Kier molecular flexibility index (Phi) is 5.08. The molecule has 0 fully saturated rings. The lowest BCUT2D eigenvalue weighted by Crippen LogP contribution is -2.37. The maximum absolute atomic E-state index is 12.4. The molecule has 0 aliphatic carbocycles. The van der Waals surface area contributed by atoms with Crippen molar-refractivity contribution >= 4 is 32.7 Å². The second-order valence-electron chi connectivity index (χ2n) is 5.81. The number of rotatable bonds is 5. The molecular formula is C18H20N4OS. The SMILES string of the molecule is CN(C)CC(NC(=O)Nc1nc2ccccc2s1)c1ccccc1. The van der Waals surface area contributed by atoms with Crippen LogP contribution in [0, 0.1) is 0 Å². The monoisotopic (exact) mass is 340 g/mol. The van der Waals surface area contributed by atoms with Gasteiger partial charge in [-0.1, -0.05) is 53.8 Å². The summed E-state index contributed by atoms with van der Waals surface area (Å²) in [6.07, 6.45) is 0. The zero-order valence-corrected chi connectivity index (χ0v) is 14.5. The number of para-hydroxylation sites is 1. The fourth-order valence-corrected chi connectivity index (χ4v) is 3.36. The van der Waals surface area contributed by atoms with Crippen molar-refractivity contribution in [1.82, 2.24) is 15.2 Å². The van der Waals surface area contributed by atoms with Crippen LogP contribution in [0.25, 0.3) is 10.2 Å². The van der Waals surface area contributed by atoms with Gasteiger partial charge in [0.25, 0.3) is 0 Å². The average Bonchev–Trinajstić information content (AvgIpc) is 2.96. The number of benzene rings is 2. The lowest BCUT2D eigenvalue weighted by Gasteiger charge is -2.22. The number of hydrogen-bond acceptors (Lipinski definition) is 4. The Labute approximate surface area is 145 Å². The number of hydrogen-bond donors (Lipinski definition) is 2. The minimum atomic E-state index is -0.246. The summed E-state index contributed by atoms with van der Waals surface area (Å²) >= 11 is 1.47. The van der Waals surface area contributed by atoms with Crippen molar-refractivity contribution in [2.45, 2.75) is 6.04 Å². The van der Waals surface area contributed by atoms with Crippen LogP contribution in [0.4, 0.5) is 9.93 Å². The predicted molar refractivity (Wildman–Crippen MR) is 99.5 cm³/mol. The summed E-state index contributed by atoms with van der Waals surface area (Å²) in [7, 11) is 3.98. The van der Waals surface area contributed by atoms with E-state index in [1.165, 1.54) is 11.3 Å². The molecule has 0 saturated heterocycles. The number of nitrogens with zero attached hydrogens (tertiary/aromatic N) is 2. The molecule has 1 heterocycles. The van der Waals surface area contributed by atoms with Crippen molar-refractivity contribution in [3.05, 3.63) is 60.2 Å². The van der Waals surface area contributed by atoms with Crippen molar-refractivity contribution in [3.8, 4) is 0 Å². The molecule has 24 heavy (non-hydrogen) atoms. The number of aromatic nitrogens is 1. The summed E-state index contributed by atoms with van der Waals surface area (Å²) in [5.74, 6) is 0. The molecule has 0 radical (unpaired) electrons. The van der Waals surface area contributed by atoms with Crippen LogP contribution in [0.2, 0.25) is 0 Å². The van der Waals surface area contributed by atoms with Gasteiger partial charge in [-0.05, 0) is 31.8 Å². The van der Waals surface area contributed by atoms with Crippen molar-refractivity contribution in [2.24, 2.45) is 0 Å². The Balaban J connectivity index is 1.71. The molecule has 124 valence electrons. The van der Waals surface area contributed by atoms with Gasteiger partial charge in [-0.25, -0.2) is 9.78 Å². The highest BCUT2D eigenvalue weighted by Crippen LogP contribution is 2.25. The van der Waals surface area contributed by atoms with Crippen molar-refractivity contribution in [1.29, 1.82) is 0 Å². The second kappa shape index (κ2) is 7.42. The summed E-state index contributed by atoms with van der Waals surface area (Å²) in [6.45, 7) is 0.720. The largest absolute Gasteiger partial charge is 0.330 e. The number of thiazole rings is 1. The smallest absolute Gasteiger partial charge is 0.321 e. The molecule has 5 nitrogen and oxygen atoms in total. The topological polar surface area (TPSA) is 57.3 Å². The Morgan fingerprint density at radius 3 is 2.54 bits per heavy atom. The molecular weight excluding hydrogens is 320 g/mol. The molecule has 6 heteroatoms. The molecule has 3 aromatic rings. The quantitative estimate of drug-likeness (QED) is 0.744. The van der Waals surface area contributed by atoms with Gasteiger partial charge in [0.1, 0.15) is 0 Å². The minimum absolute atomic E-state index is 0.0874. The average molecular weight is 340 g/mol. The van der Waals surface area contributed by atoms with Crippen LogP contribution in [-0.2, 0) is 0 Å². The van der Waals surface area contributed by atoms with E-state index in [0.29, 0.717) is 5.13 Å². The van der Waals surface area contributed by atoms with Gasteiger partial charge in [0, 0.05) is 6.54 Å². The molecule has 1 unspecified atom stereocenters. The molecule has 0 aliphatic rings. The van der Waals surface area contributed by atoms with Crippen LogP contribution in [-0.4, -0.2) is 36.6 Å². The minimum Gasteiger partial charge on any atom is -0.330 e. The molecule has 2 aromatic carbocycles. The van der Waals surface area contributed by atoms with E-state index in [9.17, 15) is 4.79 Å². The standard InChI is InChI=1S/C18H20N4OS/c1-22(2)12-15(13-8-4-3-5-9-13)19-17(23)21-18-20-14-10-6-7-11-16(14)24-18/h3-11,15H,12H2,1-2H3,(H2,19,20,21,23). The van der Waals surface area contributed by atoms with E-state index in [1.807, 2.05) is 68.7 Å². The number of carbonyl (C=O) groups excluding carboxylic acids is 1. The Bertz CT molecular complexity index is 783. The van der Waals surface area contributed by atoms with Crippen molar-refractivity contribution in [2.75, 3.05) is 26.0 Å². The second-order valence-corrected chi connectivity index (χ2v) is 6.84. The maximum atomic E-state index is 12.4. The van der Waals surface area contributed by atoms with Gasteiger partial charge in [0.15, 0.2) is 5.13 Å². The summed E-state index contributed by atoms with van der Waals surface area (Å²) in [4.78, 5) is 18.9. The van der Waals surface area contributed by atoms with E-state index in [1.54, 1.807) is 0 Å². The molecule has 0 bridgehead atoms. The normalized spacial score (nSPS) is 12.3. The van der Waals surface area contributed by atoms with Crippen LogP contribution >= 0.6 is 11.3 Å². The summed E-state index contributed by atoms with van der Waals surface area (Å²) in [5.41, 5.74) is 1.97. The highest BCUT2D eigenvalue weighted by molar-refractivity contribution is 7.22. The van der Waals surface area contributed by atoms with E-state index < -0.39 is 0 Å². The maximum Gasteiger partial charge on any atom is 0.321 e. The first-order valence-corrected chi connectivity index (χ1v) is 8.56. The Morgan fingerprint density at radius 1 is 1.12 bits per heavy atom. The first-order valence-electron chi connectivity index (χ1n) is 7.74. The molecule has 0 spiro atoms. The van der Waals surface area contributed by atoms with Crippen LogP contribution in [0.1, 0.15) is 11.6 Å². The number of nitrogens with one attached hydrogen (secondary N) is 2. The van der Waals surface area contributed by atoms with Crippen LogP contribution in [0.5, 0.6) is 0 Å². The molecule has 0 aliphatic heterocycles. The van der Waals surface area contributed by atoms with Gasteiger partial charge in [-0.3, -0.25) is 5.32 Å². The van der Waals surface area contributed by atoms with Gasteiger partial charge >= 0.3 is 6.03 Å². The van der Waals surface area contributed by atoms with Gasteiger partial charge < -0.3 is 10.2 Å². The number of anilines is 1. The predicted octanol–water partition coefficient (Wildman–Crippen LogP) is 3.72. The number of likely N-dealkylation sites (N-methyl/N-ethyl adjacent to an activating group) is 1. The van der Waals surface area contributed by atoms with Crippen molar-refractivity contribution < 1.29 is 4.79 Å². The van der Waals surface area contributed by atoms with Crippen molar-refractivity contribution in [3.63, 3.8) is 0 Å². The van der Waals surface area contributed by atoms with E-state index in [4.69, 9.17) is 0 Å². The molecule has 2 N–H and O–H groups in total. The van der Waals surface area contributed by atoms with Crippen LogP contribution in [0.15, 0.2) is 54.6 Å². The summed E-state index contributed by atoms with van der Waals surface area (Å²) in [6, 6.07) is 17.5. The van der Waals surface area contributed by atoms with E-state index >= 15 is 0 Å². The fraction of sp³-hybridized carbons (Fsp3) is 0.222. The number of fused-ring (bicyclic) bond motifs is 1. The summed E-state index contributed by atoms with van der Waals surface area (Å²) < 4.78 is 1.06. The lowest BCUT2D eigenvalue weighted by molar-refractivity contribution is 0.244. The first kappa shape index (κ1) is 16.4. The lowest BCUT2D eigenvalue weighted by atomic mass is 10.1. The Morgan fingerprint density at radius 2 is 1.83 bits per heavy atom. The number of urea groups is 1. The third-order valence-electron chi connectivity index (χ3n) is 3.57. The third kappa shape index (κ3) is 4.10. The molecule has 0 saturated carbocycles. The zero-order valence-electron chi connectivity index (χ0n) is 13.7. The number of amides is 2. The molecule has 3 rings (SSSR count). The van der Waals surface area contributed by atoms with Crippen LogP contribution in [0.3, 0.4) is 0 Å². The van der Waals surface area contributed by atoms with Gasteiger partial charge in [0.2, 0.25) is 0 Å². The fourth-order valence-electron chi connectivity index (χ4n) is 2.50. The van der Waals surface area contributed by atoms with E-state index in [-0.39, 0.29) is 12.1 Å².